The second kappa shape index (κ2) is 4.51. The van der Waals surface area contributed by atoms with Crippen LogP contribution in [0.25, 0.3) is 0 Å². The molecule has 2 aliphatic carbocycles. The van der Waals surface area contributed by atoms with Gasteiger partial charge in [-0.2, -0.15) is 0 Å². The van der Waals surface area contributed by atoms with Crippen LogP contribution in [0.15, 0.2) is 0 Å². The van der Waals surface area contributed by atoms with Crippen molar-refractivity contribution in [1.29, 1.82) is 0 Å². The highest BCUT2D eigenvalue weighted by Crippen LogP contribution is 2.35. The molecule has 0 unspecified atom stereocenters. The maximum atomic E-state index is 12.4. The highest BCUT2D eigenvalue weighted by Gasteiger charge is 2.46. The SMILES string of the molecule is O=C(C1CC1)N1CC(S(=O)(=O)C2CCCCC2)C1. The van der Waals surface area contributed by atoms with Crippen LogP contribution < -0.4 is 0 Å². The second-order valence-corrected chi connectivity index (χ2v) is 8.50. The monoisotopic (exact) mass is 271 g/mol. The molecule has 3 fully saturated rings. The number of amides is 1. The van der Waals surface area contributed by atoms with Crippen LogP contribution in [0.2, 0.25) is 0 Å². The molecule has 0 atom stereocenters. The zero-order valence-electron chi connectivity index (χ0n) is 10.7. The number of hydrogen-bond donors (Lipinski definition) is 0. The first-order valence-electron chi connectivity index (χ1n) is 7.10. The van der Waals surface area contributed by atoms with Gasteiger partial charge in [0.2, 0.25) is 5.91 Å². The lowest BCUT2D eigenvalue weighted by atomic mass is 10.0. The maximum Gasteiger partial charge on any atom is 0.225 e. The van der Waals surface area contributed by atoms with E-state index >= 15 is 0 Å². The third-order valence-electron chi connectivity index (χ3n) is 4.57. The highest BCUT2D eigenvalue weighted by atomic mass is 32.2. The molecule has 0 bridgehead atoms. The van der Waals surface area contributed by atoms with E-state index in [1.54, 1.807) is 4.90 Å². The van der Waals surface area contributed by atoms with Gasteiger partial charge in [-0.25, -0.2) is 8.42 Å². The van der Waals surface area contributed by atoms with Gasteiger partial charge in [-0.3, -0.25) is 4.79 Å². The molecule has 0 aromatic heterocycles. The van der Waals surface area contributed by atoms with E-state index in [0.717, 1.165) is 38.5 Å². The Morgan fingerprint density at radius 2 is 1.50 bits per heavy atom. The summed E-state index contributed by atoms with van der Waals surface area (Å²) in [4.78, 5) is 13.5. The Labute approximate surface area is 109 Å². The standard InChI is InChI=1S/C13H21NO3S/c15-13(10-6-7-10)14-8-12(9-14)18(16,17)11-4-2-1-3-5-11/h10-12H,1-9H2. The van der Waals surface area contributed by atoms with Gasteiger partial charge in [0.15, 0.2) is 9.84 Å². The van der Waals surface area contributed by atoms with Crippen molar-refractivity contribution in [2.75, 3.05) is 13.1 Å². The Bertz CT molecular complexity index is 429. The fraction of sp³-hybridized carbons (Fsp3) is 0.923. The summed E-state index contributed by atoms with van der Waals surface area (Å²) in [6.07, 6.45) is 6.90. The van der Waals surface area contributed by atoms with Crippen LogP contribution in [-0.2, 0) is 14.6 Å². The summed E-state index contributed by atoms with van der Waals surface area (Å²) < 4.78 is 24.8. The van der Waals surface area contributed by atoms with Crippen LogP contribution >= 0.6 is 0 Å². The molecule has 102 valence electrons. The molecule has 1 heterocycles. The molecule has 0 radical (unpaired) electrons. The minimum Gasteiger partial charge on any atom is -0.340 e. The van der Waals surface area contributed by atoms with Crippen LogP contribution in [0.3, 0.4) is 0 Å². The van der Waals surface area contributed by atoms with Crippen molar-refractivity contribution in [3.8, 4) is 0 Å². The molecule has 5 heteroatoms. The highest BCUT2D eigenvalue weighted by molar-refractivity contribution is 7.92. The normalized spacial score (nSPS) is 27.0. The molecule has 3 rings (SSSR count). The van der Waals surface area contributed by atoms with E-state index in [1.165, 1.54) is 6.42 Å². The van der Waals surface area contributed by atoms with Crippen molar-refractivity contribution < 1.29 is 13.2 Å². The summed E-state index contributed by atoms with van der Waals surface area (Å²) >= 11 is 0. The van der Waals surface area contributed by atoms with Crippen LogP contribution in [0.5, 0.6) is 0 Å². The zero-order valence-corrected chi connectivity index (χ0v) is 11.5. The predicted octanol–water partition coefficient (Wildman–Crippen LogP) is 1.35. The molecule has 0 aromatic rings. The molecule has 0 aromatic carbocycles. The van der Waals surface area contributed by atoms with Crippen molar-refractivity contribution in [3.05, 3.63) is 0 Å². The molecular formula is C13H21NO3S. The fourth-order valence-electron chi connectivity index (χ4n) is 3.08. The summed E-state index contributed by atoms with van der Waals surface area (Å²) in [6.45, 7) is 0.905. The lowest BCUT2D eigenvalue weighted by Crippen LogP contribution is -2.59. The lowest BCUT2D eigenvalue weighted by molar-refractivity contribution is -0.135. The molecule has 4 nitrogen and oxygen atoms in total. The molecule has 0 spiro atoms. The number of nitrogens with zero attached hydrogens (tertiary/aromatic N) is 1. The van der Waals surface area contributed by atoms with Gasteiger partial charge in [0.1, 0.15) is 0 Å². The zero-order chi connectivity index (χ0) is 12.8. The van der Waals surface area contributed by atoms with Crippen molar-refractivity contribution >= 4 is 15.7 Å². The number of hydrogen-bond acceptors (Lipinski definition) is 3. The van der Waals surface area contributed by atoms with Gasteiger partial charge in [0, 0.05) is 19.0 Å². The smallest absolute Gasteiger partial charge is 0.225 e. The molecule has 0 N–H and O–H groups in total. The topological polar surface area (TPSA) is 54.5 Å². The molecule has 1 amide bonds. The number of rotatable bonds is 3. The van der Waals surface area contributed by atoms with E-state index < -0.39 is 9.84 Å². The van der Waals surface area contributed by atoms with Gasteiger partial charge in [-0.15, -0.1) is 0 Å². The van der Waals surface area contributed by atoms with Crippen molar-refractivity contribution in [2.45, 2.75) is 55.4 Å². The van der Waals surface area contributed by atoms with E-state index in [1.807, 2.05) is 0 Å². The predicted molar refractivity (Wildman–Crippen MR) is 68.9 cm³/mol. The quantitative estimate of drug-likeness (QED) is 0.778. The average molecular weight is 271 g/mol. The Balaban J connectivity index is 1.57. The third kappa shape index (κ3) is 2.17. The number of sulfone groups is 1. The van der Waals surface area contributed by atoms with E-state index in [4.69, 9.17) is 0 Å². The van der Waals surface area contributed by atoms with Crippen LogP contribution in [0.1, 0.15) is 44.9 Å². The molecular weight excluding hydrogens is 250 g/mol. The molecule has 3 aliphatic rings. The van der Waals surface area contributed by atoms with E-state index in [-0.39, 0.29) is 22.3 Å². The average Bonchev–Trinajstić information content (AvgIpc) is 3.11. The maximum absolute atomic E-state index is 12.4. The Hall–Kier alpha value is -0.580. The van der Waals surface area contributed by atoms with Crippen LogP contribution in [-0.4, -0.2) is 42.8 Å². The first-order valence-corrected chi connectivity index (χ1v) is 8.71. The van der Waals surface area contributed by atoms with Gasteiger partial charge in [0.25, 0.3) is 0 Å². The fourth-order valence-corrected chi connectivity index (χ4v) is 5.39. The molecule has 2 saturated carbocycles. The van der Waals surface area contributed by atoms with Gasteiger partial charge < -0.3 is 4.90 Å². The van der Waals surface area contributed by atoms with Crippen LogP contribution in [0, 0.1) is 5.92 Å². The summed E-state index contributed by atoms with van der Waals surface area (Å²) in [5.41, 5.74) is 0. The largest absolute Gasteiger partial charge is 0.340 e. The van der Waals surface area contributed by atoms with Gasteiger partial charge in [-0.05, 0) is 25.7 Å². The Morgan fingerprint density at radius 3 is 2.06 bits per heavy atom. The Kier molecular flexibility index (Phi) is 3.12. The van der Waals surface area contributed by atoms with E-state index in [0.29, 0.717) is 13.1 Å². The van der Waals surface area contributed by atoms with Gasteiger partial charge in [-0.1, -0.05) is 19.3 Å². The Morgan fingerprint density at radius 1 is 0.889 bits per heavy atom. The summed E-state index contributed by atoms with van der Waals surface area (Å²) in [6, 6.07) is 0. The summed E-state index contributed by atoms with van der Waals surface area (Å²) in [5, 5.41) is -0.405. The van der Waals surface area contributed by atoms with Crippen molar-refractivity contribution in [2.24, 2.45) is 5.92 Å². The first kappa shape index (κ1) is 12.5. The molecule has 1 saturated heterocycles. The van der Waals surface area contributed by atoms with Crippen molar-refractivity contribution in [1.82, 2.24) is 4.90 Å². The number of carbonyl (C=O) groups is 1. The first-order chi connectivity index (χ1) is 8.59. The molecule has 1 aliphatic heterocycles. The van der Waals surface area contributed by atoms with Gasteiger partial charge in [0.05, 0.1) is 10.5 Å². The van der Waals surface area contributed by atoms with E-state index in [9.17, 15) is 13.2 Å². The minimum atomic E-state index is -2.99. The molecule has 18 heavy (non-hydrogen) atoms. The lowest BCUT2D eigenvalue weighted by Gasteiger charge is -2.41. The third-order valence-corrected chi connectivity index (χ3v) is 7.20. The van der Waals surface area contributed by atoms with Crippen molar-refractivity contribution in [3.63, 3.8) is 0 Å². The number of likely N-dealkylation sites (tertiary alicyclic amines) is 1. The minimum absolute atomic E-state index is 0.130. The van der Waals surface area contributed by atoms with Gasteiger partial charge >= 0.3 is 0 Å². The number of carbonyl (C=O) groups excluding carboxylic acids is 1. The second-order valence-electron chi connectivity index (χ2n) is 5.99. The van der Waals surface area contributed by atoms with Crippen LogP contribution in [0.4, 0.5) is 0 Å². The van der Waals surface area contributed by atoms with E-state index in [2.05, 4.69) is 0 Å². The summed E-state index contributed by atoms with van der Waals surface area (Å²) in [7, 11) is -2.99. The summed E-state index contributed by atoms with van der Waals surface area (Å²) in [5.74, 6) is 0.397.